The lowest BCUT2D eigenvalue weighted by molar-refractivity contribution is -0.137. The van der Waals surface area contributed by atoms with Crippen LogP contribution in [0.5, 0.6) is 5.75 Å². The van der Waals surface area contributed by atoms with Crippen LogP contribution in [-0.2, 0) is 10.9 Å². The Kier molecular flexibility index (Phi) is 6.03. The molecule has 0 atom stereocenters. The second kappa shape index (κ2) is 8.02. The van der Waals surface area contributed by atoms with Gasteiger partial charge in [-0.25, -0.2) is 4.79 Å². The summed E-state index contributed by atoms with van der Waals surface area (Å²) in [6.07, 6.45) is -4.49. The van der Waals surface area contributed by atoms with Crippen LogP contribution in [0.15, 0.2) is 42.5 Å². The fourth-order valence-electron chi connectivity index (χ4n) is 2.24. The normalized spacial score (nSPS) is 11.2. The average molecular weight is 354 g/mol. The van der Waals surface area contributed by atoms with Gasteiger partial charge in [0.1, 0.15) is 12.4 Å². The largest absolute Gasteiger partial charge is 0.491 e. The van der Waals surface area contributed by atoms with E-state index >= 15 is 0 Å². The predicted molar refractivity (Wildman–Crippen MR) is 85.4 cm³/mol. The lowest BCUT2D eigenvalue weighted by atomic mass is 9.99. The number of halogens is 3. The van der Waals surface area contributed by atoms with Crippen LogP contribution < -0.4 is 4.74 Å². The van der Waals surface area contributed by atoms with Crippen LogP contribution in [0.1, 0.15) is 22.8 Å². The third-order valence-electron chi connectivity index (χ3n) is 3.34. The van der Waals surface area contributed by atoms with Crippen LogP contribution in [0.2, 0.25) is 0 Å². The second-order valence-electron chi connectivity index (χ2n) is 5.08. The smallest absolute Gasteiger partial charge is 0.416 e. The molecule has 0 unspecified atom stereocenters. The highest BCUT2D eigenvalue weighted by Gasteiger charge is 2.30. The van der Waals surface area contributed by atoms with Gasteiger partial charge in [-0.15, -0.1) is 0 Å². The van der Waals surface area contributed by atoms with Gasteiger partial charge in [-0.3, -0.25) is 0 Å². The SMILES string of the molecule is CCOC(=O)c1ccc(OCCO)c(-c2cccc(C(F)(F)F)c2)c1. The predicted octanol–water partition coefficient (Wildman–Crippen LogP) is 3.92. The van der Waals surface area contributed by atoms with Gasteiger partial charge in [0.2, 0.25) is 0 Å². The number of rotatable bonds is 6. The zero-order valence-corrected chi connectivity index (χ0v) is 13.5. The molecule has 0 saturated heterocycles. The fraction of sp³-hybridized carbons (Fsp3) is 0.278. The van der Waals surface area contributed by atoms with E-state index in [9.17, 15) is 18.0 Å². The van der Waals surface area contributed by atoms with E-state index in [2.05, 4.69) is 0 Å². The van der Waals surface area contributed by atoms with Crippen molar-refractivity contribution in [1.82, 2.24) is 0 Å². The first kappa shape index (κ1) is 18.8. The third kappa shape index (κ3) is 4.73. The number of alkyl halides is 3. The molecule has 134 valence electrons. The molecule has 4 nitrogen and oxygen atoms in total. The highest BCUT2D eigenvalue weighted by Crippen LogP contribution is 2.36. The Labute approximate surface area is 142 Å². The molecule has 0 spiro atoms. The van der Waals surface area contributed by atoms with Crippen molar-refractivity contribution < 1.29 is 32.5 Å². The number of benzene rings is 2. The van der Waals surface area contributed by atoms with Gasteiger partial charge in [0.05, 0.1) is 24.3 Å². The number of carbonyl (C=O) groups excluding carboxylic acids is 1. The van der Waals surface area contributed by atoms with Crippen molar-refractivity contribution in [2.45, 2.75) is 13.1 Å². The summed E-state index contributed by atoms with van der Waals surface area (Å²) >= 11 is 0. The maximum Gasteiger partial charge on any atom is 0.416 e. The first-order valence-electron chi connectivity index (χ1n) is 7.59. The first-order valence-corrected chi connectivity index (χ1v) is 7.59. The molecule has 0 aromatic heterocycles. The fourth-order valence-corrected chi connectivity index (χ4v) is 2.24. The number of hydrogen-bond acceptors (Lipinski definition) is 4. The minimum atomic E-state index is -4.49. The Morgan fingerprint density at radius 3 is 2.56 bits per heavy atom. The summed E-state index contributed by atoms with van der Waals surface area (Å²) in [5.74, 6) is -0.314. The summed E-state index contributed by atoms with van der Waals surface area (Å²) in [7, 11) is 0. The Bertz CT molecular complexity index is 741. The molecule has 0 aliphatic rings. The summed E-state index contributed by atoms with van der Waals surface area (Å²) in [4.78, 5) is 11.9. The molecule has 2 aromatic carbocycles. The first-order chi connectivity index (χ1) is 11.9. The molecule has 0 aliphatic heterocycles. The molecule has 0 fully saturated rings. The quantitative estimate of drug-likeness (QED) is 0.799. The molecule has 2 aromatic rings. The Morgan fingerprint density at radius 2 is 1.92 bits per heavy atom. The maximum absolute atomic E-state index is 13.0. The Balaban J connectivity index is 2.52. The Morgan fingerprint density at radius 1 is 1.16 bits per heavy atom. The zero-order chi connectivity index (χ0) is 18.4. The van der Waals surface area contributed by atoms with Gasteiger partial charge >= 0.3 is 12.1 Å². The molecule has 2 rings (SSSR count). The van der Waals surface area contributed by atoms with E-state index in [4.69, 9.17) is 14.6 Å². The van der Waals surface area contributed by atoms with E-state index in [1.54, 1.807) is 6.92 Å². The third-order valence-corrected chi connectivity index (χ3v) is 3.34. The number of aliphatic hydroxyl groups excluding tert-OH is 1. The van der Waals surface area contributed by atoms with Crippen LogP contribution in [0, 0.1) is 0 Å². The maximum atomic E-state index is 13.0. The number of esters is 1. The zero-order valence-electron chi connectivity index (χ0n) is 13.5. The van der Waals surface area contributed by atoms with E-state index in [1.807, 2.05) is 0 Å². The summed E-state index contributed by atoms with van der Waals surface area (Å²) in [6.45, 7) is 1.57. The second-order valence-corrected chi connectivity index (χ2v) is 5.08. The molecule has 25 heavy (non-hydrogen) atoms. The van der Waals surface area contributed by atoms with E-state index in [0.29, 0.717) is 5.56 Å². The van der Waals surface area contributed by atoms with Crippen LogP contribution in [0.25, 0.3) is 11.1 Å². The van der Waals surface area contributed by atoms with E-state index in [1.165, 1.54) is 30.3 Å². The minimum absolute atomic E-state index is 0.0231. The van der Waals surface area contributed by atoms with Gasteiger partial charge in [0.15, 0.2) is 0 Å². The van der Waals surface area contributed by atoms with Crippen molar-refractivity contribution in [1.29, 1.82) is 0 Å². The van der Waals surface area contributed by atoms with E-state index in [0.717, 1.165) is 12.1 Å². The molecule has 1 N–H and O–H groups in total. The molecular formula is C18H17F3O4. The topological polar surface area (TPSA) is 55.8 Å². The average Bonchev–Trinajstić information content (AvgIpc) is 2.59. The van der Waals surface area contributed by atoms with E-state index in [-0.39, 0.29) is 36.7 Å². The van der Waals surface area contributed by atoms with Gasteiger partial charge in [-0.2, -0.15) is 13.2 Å². The number of hydrogen-bond donors (Lipinski definition) is 1. The highest BCUT2D eigenvalue weighted by atomic mass is 19.4. The Hall–Kier alpha value is -2.54. The summed E-state index contributed by atoms with van der Waals surface area (Å²) in [6, 6.07) is 9.07. The van der Waals surface area contributed by atoms with Crippen LogP contribution >= 0.6 is 0 Å². The van der Waals surface area contributed by atoms with E-state index < -0.39 is 17.7 Å². The van der Waals surface area contributed by atoms with Crippen LogP contribution in [0.3, 0.4) is 0 Å². The number of aliphatic hydroxyl groups is 1. The number of carbonyl (C=O) groups is 1. The van der Waals surface area contributed by atoms with Crippen molar-refractivity contribution in [2.75, 3.05) is 19.8 Å². The van der Waals surface area contributed by atoms with Gasteiger partial charge in [-0.05, 0) is 42.8 Å². The van der Waals surface area contributed by atoms with Crippen molar-refractivity contribution in [3.8, 4) is 16.9 Å². The lowest BCUT2D eigenvalue weighted by Crippen LogP contribution is -2.07. The van der Waals surface area contributed by atoms with Crippen LogP contribution in [-0.4, -0.2) is 30.9 Å². The van der Waals surface area contributed by atoms with Crippen molar-refractivity contribution >= 4 is 5.97 Å². The van der Waals surface area contributed by atoms with Gasteiger partial charge in [0, 0.05) is 5.56 Å². The summed E-state index contributed by atoms with van der Waals surface area (Å²) in [5, 5.41) is 8.90. The van der Waals surface area contributed by atoms with Crippen molar-refractivity contribution in [3.05, 3.63) is 53.6 Å². The van der Waals surface area contributed by atoms with Crippen LogP contribution in [0.4, 0.5) is 13.2 Å². The van der Waals surface area contributed by atoms with Crippen molar-refractivity contribution in [2.24, 2.45) is 0 Å². The summed E-state index contributed by atoms with van der Waals surface area (Å²) < 4.78 is 49.2. The molecule has 0 amide bonds. The summed E-state index contributed by atoms with van der Waals surface area (Å²) in [5.41, 5.74) is -0.0516. The van der Waals surface area contributed by atoms with Crippen molar-refractivity contribution in [3.63, 3.8) is 0 Å². The van der Waals surface area contributed by atoms with Gasteiger partial charge in [0.25, 0.3) is 0 Å². The standard InChI is InChI=1S/C18H17F3O4/c1-2-24-17(23)13-6-7-16(25-9-8-22)15(11-13)12-4-3-5-14(10-12)18(19,20)21/h3-7,10-11,22H,2,8-9H2,1H3. The minimum Gasteiger partial charge on any atom is -0.491 e. The number of ether oxygens (including phenoxy) is 2. The lowest BCUT2D eigenvalue weighted by Gasteiger charge is -2.14. The molecule has 0 aliphatic carbocycles. The highest BCUT2D eigenvalue weighted by molar-refractivity contribution is 5.92. The molecule has 7 heteroatoms. The molecule has 0 heterocycles. The van der Waals surface area contributed by atoms with Gasteiger partial charge < -0.3 is 14.6 Å². The monoisotopic (exact) mass is 354 g/mol. The molecule has 0 bridgehead atoms. The van der Waals surface area contributed by atoms with Gasteiger partial charge in [-0.1, -0.05) is 12.1 Å². The molecular weight excluding hydrogens is 337 g/mol. The molecule has 0 radical (unpaired) electrons. The molecule has 0 saturated carbocycles.